The van der Waals surface area contributed by atoms with Gasteiger partial charge in [-0.25, -0.2) is 4.39 Å². The highest BCUT2D eigenvalue weighted by Crippen LogP contribution is 2.16. The molecule has 0 amide bonds. The summed E-state index contributed by atoms with van der Waals surface area (Å²) in [5, 5.41) is 13.0. The minimum atomic E-state index is -0.357. The van der Waals surface area contributed by atoms with Crippen LogP contribution in [0.15, 0.2) is 48.5 Å². The first-order chi connectivity index (χ1) is 9.19. The highest BCUT2D eigenvalue weighted by Gasteiger charge is 2.09. The number of nitrogens with one attached hydrogen (secondary N) is 1. The summed E-state index contributed by atoms with van der Waals surface area (Å²) in [7, 11) is 0. The van der Waals surface area contributed by atoms with Gasteiger partial charge in [0.25, 0.3) is 0 Å². The zero-order chi connectivity index (χ0) is 13.7. The molecule has 100 valence electrons. The van der Waals surface area contributed by atoms with E-state index >= 15 is 0 Å². The van der Waals surface area contributed by atoms with E-state index in [9.17, 15) is 9.50 Å². The van der Waals surface area contributed by atoms with Gasteiger partial charge < -0.3 is 10.4 Å². The summed E-state index contributed by atoms with van der Waals surface area (Å²) in [5.41, 5.74) is 1.74. The van der Waals surface area contributed by atoms with Gasteiger partial charge in [-0.05, 0) is 29.3 Å². The predicted octanol–water partition coefficient (Wildman–Crippen LogP) is 3.30. The molecule has 0 aliphatic carbocycles. The molecule has 0 aliphatic heterocycles. The van der Waals surface area contributed by atoms with Crippen LogP contribution in [-0.4, -0.2) is 11.7 Å². The van der Waals surface area contributed by atoms with E-state index in [1.807, 2.05) is 30.3 Å². The highest BCUT2D eigenvalue weighted by atomic mass is 35.5. The quantitative estimate of drug-likeness (QED) is 0.880. The maximum Gasteiger partial charge on any atom is 0.125 e. The van der Waals surface area contributed by atoms with Gasteiger partial charge in [0, 0.05) is 11.6 Å². The Labute approximate surface area is 116 Å². The van der Waals surface area contributed by atoms with Gasteiger partial charge in [0.05, 0.1) is 12.6 Å². The first-order valence-corrected chi connectivity index (χ1v) is 6.41. The van der Waals surface area contributed by atoms with Gasteiger partial charge in [-0.3, -0.25) is 0 Å². The molecule has 0 bridgehead atoms. The normalized spacial score (nSPS) is 12.4. The van der Waals surface area contributed by atoms with Gasteiger partial charge in [0.15, 0.2) is 0 Å². The summed E-state index contributed by atoms with van der Waals surface area (Å²) in [6, 6.07) is 13.9. The molecule has 0 saturated heterocycles. The largest absolute Gasteiger partial charge is 0.394 e. The third kappa shape index (κ3) is 4.03. The molecule has 2 nitrogen and oxygen atoms in total. The number of halogens is 2. The van der Waals surface area contributed by atoms with E-state index in [1.165, 1.54) is 12.1 Å². The van der Waals surface area contributed by atoms with Crippen molar-refractivity contribution in [3.63, 3.8) is 0 Å². The van der Waals surface area contributed by atoms with Crippen LogP contribution in [0.1, 0.15) is 17.2 Å². The molecule has 0 spiro atoms. The van der Waals surface area contributed by atoms with Crippen molar-refractivity contribution in [2.24, 2.45) is 0 Å². The molecule has 2 aromatic carbocycles. The molecule has 0 aliphatic rings. The fourth-order valence-corrected chi connectivity index (χ4v) is 2.17. The topological polar surface area (TPSA) is 32.3 Å². The van der Waals surface area contributed by atoms with Gasteiger partial charge >= 0.3 is 0 Å². The Bertz CT molecular complexity index is 513. The Kier molecular flexibility index (Phi) is 4.91. The van der Waals surface area contributed by atoms with Gasteiger partial charge in [-0.1, -0.05) is 41.9 Å². The van der Waals surface area contributed by atoms with Gasteiger partial charge in [0.1, 0.15) is 5.82 Å². The number of benzene rings is 2. The minimum absolute atomic E-state index is 0.0208. The van der Waals surface area contributed by atoms with Crippen LogP contribution in [0.2, 0.25) is 5.02 Å². The molecule has 2 rings (SSSR count). The second-order valence-electron chi connectivity index (χ2n) is 4.30. The average Bonchev–Trinajstić information content (AvgIpc) is 2.39. The van der Waals surface area contributed by atoms with E-state index in [0.29, 0.717) is 11.6 Å². The molecule has 0 heterocycles. The summed E-state index contributed by atoms with van der Waals surface area (Å²) >= 11 is 5.80. The lowest BCUT2D eigenvalue weighted by Gasteiger charge is -2.16. The second-order valence-corrected chi connectivity index (χ2v) is 4.74. The Morgan fingerprint density at radius 3 is 2.53 bits per heavy atom. The summed E-state index contributed by atoms with van der Waals surface area (Å²) in [6.45, 7) is 0.421. The summed E-state index contributed by atoms with van der Waals surface area (Å²) in [4.78, 5) is 0. The molecule has 0 aromatic heterocycles. The second kappa shape index (κ2) is 6.66. The zero-order valence-electron chi connectivity index (χ0n) is 10.3. The van der Waals surface area contributed by atoms with Crippen molar-refractivity contribution in [2.45, 2.75) is 12.6 Å². The van der Waals surface area contributed by atoms with E-state index in [-0.39, 0.29) is 18.5 Å². The van der Waals surface area contributed by atoms with E-state index in [1.54, 1.807) is 6.07 Å². The third-order valence-electron chi connectivity index (χ3n) is 2.86. The van der Waals surface area contributed by atoms with Crippen LogP contribution in [0.5, 0.6) is 0 Å². The van der Waals surface area contributed by atoms with Crippen LogP contribution in [-0.2, 0) is 6.54 Å². The Morgan fingerprint density at radius 2 is 1.89 bits per heavy atom. The van der Waals surface area contributed by atoms with Gasteiger partial charge in [-0.15, -0.1) is 0 Å². The van der Waals surface area contributed by atoms with Crippen molar-refractivity contribution in [3.05, 3.63) is 70.5 Å². The van der Waals surface area contributed by atoms with Crippen LogP contribution in [0.3, 0.4) is 0 Å². The molecule has 2 aromatic rings. The molecule has 1 atom stereocenters. The maximum atomic E-state index is 13.2. The molecule has 0 saturated carbocycles. The van der Waals surface area contributed by atoms with Gasteiger partial charge in [-0.2, -0.15) is 0 Å². The van der Waals surface area contributed by atoms with Crippen molar-refractivity contribution in [1.29, 1.82) is 0 Å². The Morgan fingerprint density at radius 1 is 1.16 bits per heavy atom. The number of aliphatic hydroxyl groups excluding tert-OH is 1. The molecular weight excluding hydrogens is 265 g/mol. The lowest BCUT2D eigenvalue weighted by molar-refractivity contribution is 0.243. The predicted molar refractivity (Wildman–Crippen MR) is 74.5 cm³/mol. The molecule has 0 unspecified atom stereocenters. The third-order valence-corrected chi connectivity index (χ3v) is 3.08. The highest BCUT2D eigenvalue weighted by molar-refractivity contribution is 6.30. The average molecular weight is 280 g/mol. The van der Waals surface area contributed by atoms with Crippen LogP contribution >= 0.6 is 11.6 Å². The molecule has 0 radical (unpaired) electrons. The molecule has 4 heteroatoms. The molecule has 2 N–H and O–H groups in total. The van der Waals surface area contributed by atoms with Crippen molar-refractivity contribution >= 4 is 11.6 Å². The van der Waals surface area contributed by atoms with Crippen LogP contribution in [0, 0.1) is 5.82 Å². The Hall–Kier alpha value is -1.42. The molecular formula is C15H15ClFNO. The number of aliphatic hydroxyl groups is 1. The first-order valence-electron chi connectivity index (χ1n) is 6.03. The minimum Gasteiger partial charge on any atom is -0.394 e. The fraction of sp³-hybridized carbons (Fsp3) is 0.200. The first kappa shape index (κ1) is 14.0. The van der Waals surface area contributed by atoms with Crippen LogP contribution in [0.25, 0.3) is 0 Å². The standard InChI is InChI=1S/C15H15ClFNO/c16-13-6-11(7-14(17)8-13)9-18-15(10-19)12-4-2-1-3-5-12/h1-8,15,18-19H,9-10H2/t15-/m1/s1. The van der Waals surface area contributed by atoms with E-state index in [0.717, 1.165) is 11.1 Å². The summed E-state index contributed by atoms with van der Waals surface area (Å²) < 4.78 is 13.2. The van der Waals surface area contributed by atoms with Crippen LogP contribution < -0.4 is 5.32 Å². The Balaban J connectivity index is 2.04. The van der Waals surface area contributed by atoms with Gasteiger partial charge in [0.2, 0.25) is 0 Å². The fourth-order valence-electron chi connectivity index (χ4n) is 1.93. The van der Waals surface area contributed by atoms with Crippen molar-refractivity contribution in [2.75, 3.05) is 6.61 Å². The number of rotatable bonds is 5. The number of hydrogen-bond acceptors (Lipinski definition) is 2. The monoisotopic (exact) mass is 279 g/mol. The summed E-state index contributed by atoms with van der Waals surface area (Å²) in [6.07, 6.45) is 0. The zero-order valence-corrected chi connectivity index (χ0v) is 11.1. The summed E-state index contributed by atoms with van der Waals surface area (Å²) in [5.74, 6) is -0.357. The molecule has 19 heavy (non-hydrogen) atoms. The van der Waals surface area contributed by atoms with Crippen molar-refractivity contribution < 1.29 is 9.50 Å². The van der Waals surface area contributed by atoms with Crippen molar-refractivity contribution in [1.82, 2.24) is 5.32 Å². The lowest BCUT2D eigenvalue weighted by Crippen LogP contribution is -2.24. The SMILES string of the molecule is OC[C@@H](NCc1cc(F)cc(Cl)c1)c1ccccc1. The van der Waals surface area contributed by atoms with Crippen molar-refractivity contribution in [3.8, 4) is 0 Å². The number of hydrogen-bond donors (Lipinski definition) is 2. The van der Waals surface area contributed by atoms with Crippen LogP contribution in [0.4, 0.5) is 4.39 Å². The molecule has 0 fully saturated rings. The van der Waals surface area contributed by atoms with E-state index in [4.69, 9.17) is 11.6 Å². The van der Waals surface area contributed by atoms with E-state index < -0.39 is 0 Å². The smallest absolute Gasteiger partial charge is 0.125 e. The van der Waals surface area contributed by atoms with E-state index in [2.05, 4.69) is 5.32 Å². The lowest BCUT2D eigenvalue weighted by atomic mass is 10.1. The maximum absolute atomic E-state index is 13.2.